The number of carbonyl (C=O) groups is 2. The molecule has 2 aliphatic heterocycles. The van der Waals surface area contributed by atoms with E-state index >= 15 is 0 Å². The highest BCUT2D eigenvalue weighted by molar-refractivity contribution is 6.91. The molecule has 72 heavy (non-hydrogen) atoms. The quantitative estimate of drug-likeness (QED) is 0.172. The molecule has 0 saturated carbocycles. The first-order valence-electron chi connectivity index (χ1n) is 24.9. The van der Waals surface area contributed by atoms with Crippen molar-refractivity contribution < 1.29 is 69.4 Å². The lowest BCUT2D eigenvalue weighted by atomic mass is 10.4. The number of hydrogen-bond acceptors (Lipinski definition) is 16. The summed E-state index contributed by atoms with van der Waals surface area (Å²) in [4.78, 5) is 18.9. The molecule has 0 N–H and O–H groups in total. The highest BCUT2D eigenvalue weighted by Gasteiger charge is 2.64. The smallest absolute Gasteiger partial charge is 0.415 e. The molecule has 412 valence electrons. The SMILES string of the molecule is CC(C)=O.CC(C)=O.CC[SiH2]CC.CC[SiH](CC)O[Si]1(c2ccccc2)OCO[Si]2(OCO[Si](OC)(c3ccccc3)O[Si](C)(C)O2)O[Si](C)(C)O1.CO[Si](OC)(O[SiH](C)C)O[SiH](C)C.[SiH3]c1ccccc1. The number of rotatable bonds is 15. The summed E-state index contributed by atoms with van der Waals surface area (Å²) in [6.45, 7) is 30.5. The molecule has 27 heteroatoms. The number of hydrogen-bond donors (Lipinski definition) is 0. The maximum atomic E-state index is 9.44. The van der Waals surface area contributed by atoms with Crippen LogP contribution >= 0.6 is 0 Å². The Balaban J connectivity index is 0.00000123. The average Bonchev–Trinajstić information content (AvgIpc) is 3.29. The van der Waals surface area contributed by atoms with E-state index in [2.05, 4.69) is 78.1 Å². The number of ketones is 2. The average molecular weight is 1200 g/mol. The van der Waals surface area contributed by atoms with Crippen LogP contribution < -0.4 is 15.6 Å². The number of benzene rings is 3. The fourth-order valence-corrected chi connectivity index (χ4v) is 36.8. The van der Waals surface area contributed by atoms with E-state index in [1.54, 1.807) is 21.3 Å². The summed E-state index contributed by atoms with van der Waals surface area (Å²) < 4.78 is 86.4. The zero-order chi connectivity index (χ0) is 55.1. The highest BCUT2D eigenvalue weighted by atomic mass is 28.5. The second kappa shape index (κ2) is 36.8. The van der Waals surface area contributed by atoms with Crippen LogP contribution in [-0.4, -0.2) is 146 Å². The minimum atomic E-state index is -3.83. The lowest BCUT2D eigenvalue weighted by Crippen LogP contribution is -2.73. The Hall–Kier alpha value is -1.17. The van der Waals surface area contributed by atoms with Gasteiger partial charge in [-0.15, -0.1) is 0 Å². The molecule has 2 heterocycles. The molecular formula is C45H92O16Si11. The first-order chi connectivity index (χ1) is 33.7. The van der Waals surface area contributed by atoms with Gasteiger partial charge in [0, 0.05) is 51.5 Å². The third-order valence-corrected chi connectivity index (χ3v) is 39.3. The number of carbonyl (C=O) groups excluding carboxylic acids is 2. The van der Waals surface area contributed by atoms with Crippen LogP contribution in [0, 0.1) is 0 Å². The lowest BCUT2D eigenvalue weighted by Gasteiger charge is -2.47. The molecule has 0 radical (unpaired) electrons. The third-order valence-electron chi connectivity index (χ3n) is 9.13. The summed E-state index contributed by atoms with van der Waals surface area (Å²) in [6, 6.07) is 34.8. The van der Waals surface area contributed by atoms with Gasteiger partial charge in [0.2, 0.25) is 0 Å². The van der Waals surface area contributed by atoms with Crippen LogP contribution in [0.3, 0.4) is 0 Å². The van der Waals surface area contributed by atoms with Gasteiger partial charge in [-0.3, -0.25) is 0 Å². The van der Waals surface area contributed by atoms with Crippen molar-refractivity contribution in [2.24, 2.45) is 0 Å². The predicted molar refractivity (Wildman–Crippen MR) is 317 cm³/mol. The topological polar surface area (TPSA) is 163 Å². The molecule has 5 rings (SSSR count). The molecule has 3 unspecified atom stereocenters. The van der Waals surface area contributed by atoms with Gasteiger partial charge in [0.1, 0.15) is 25.2 Å². The van der Waals surface area contributed by atoms with Crippen molar-refractivity contribution in [1.29, 1.82) is 0 Å². The van der Waals surface area contributed by atoms with E-state index < -0.39 is 79.9 Å². The Kier molecular flexibility index (Phi) is 36.2. The van der Waals surface area contributed by atoms with E-state index in [1.807, 2.05) is 92.9 Å². The predicted octanol–water partition coefficient (Wildman–Crippen LogP) is 5.63. The molecular weight excluding hydrogens is 1110 g/mol. The maximum Gasteiger partial charge on any atom is 0.665 e. The van der Waals surface area contributed by atoms with Crippen molar-refractivity contribution in [3.63, 3.8) is 0 Å². The molecule has 0 aliphatic carbocycles. The molecule has 3 aromatic rings. The van der Waals surface area contributed by atoms with Crippen molar-refractivity contribution in [2.45, 2.75) is 132 Å². The van der Waals surface area contributed by atoms with Gasteiger partial charge >= 0.3 is 52.8 Å². The summed E-state index contributed by atoms with van der Waals surface area (Å²) >= 11 is 0. The van der Waals surface area contributed by atoms with Gasteiger partial charge in [-0.25, -0.2) is 0 Å². The van der Waals surface area contributed by atoms with Gasteiger partial charge < -0.3 is 69.4 Å². The first-order valence-corrected chi connectivity index (χ1v) is 47.9. The van der Waals surface area contributed by atoms with E-state index in [0.29, 0.717) is 9.52 Å². The Morgan fingerprint density at radius 2 is 0.931 bits per heavy atom. The minimum absolute atomic E-state index is 0.167. The monoisotopic (exact) mass is 1200 g/mol. The van der Waals surface area contributed by atoms with E-state index in [9.17, 15) is 9.59 Å². The summed E-state index contributed by atoms with van der Waals surface area (Å²) in [5, 5.41) is 3.16. The summed E-state index contributed by atoms with van der Waals surface area (Å²) in [5.74, 6) is 0.333. The normalized spacial score (nSPS) is 21.5. The van der Waals surface area contributed by atoms with Crippen LogP contribution in [0.25, 0.3) is 0 Å². The van der Waals surface area contributed by atoms with E-state index in [4.69, 9.17) is 59.8 Å². The van der Waals surface area contributed by atoms with Crippen molar-refractivity contribution in [3.05, 3.63) is 91.0 Å². The van der Waals surface area contributed by atoms with E-state index in [-0.39, 0.29) is 25.2 Å². The van der Waals surface area contributed by atoms with Gasteiger partial charge in [-0.2, -0.15) is 0 Å². The van der Waals surface area contributed by atoms with Crippen LogP contribution in [-0.2, 0) is 69.4 Å². The van der Waals surface area contributed by atoms with Crippen molar-refractivity contribution in [1.82, 2.24) is 0 Å². The summed E-state index contributed by atoms with van der Waals surface area (Å²) in [7, 11) is -16.9. The van der Waals surface area contributed by atoms with Gasteiger partial charge in [0.15, 0.2) is 27.1 Å². The zero-order valence-electron chi connectivity index (χ0n) is 47.4. The van der Waals surface area contributed by atoms with Crippen molar-refractivity contribution in [2.75, 3.05) is 34.9 Å². The molecule has 2 saturated heterocycles. The molecule has 2 aliphatic rings. The standard InChI is InChI=1S/C23H40O10Si6.C6H20O4Si3.C6H8Si.C4H12Si.2C3H6O/c1-8-34(9-2)29-38(23-18-14-11-15-19-23)26-21-28-39(33-36(6,7)31-38)27-20-25-37(24-3,30-35(4,5)32-39)22-16-12-10-13-17-22;1-7-13(8-2,9-11(3)4)10-12(5)6;7-6-4-2-1-3-5-6;1-3-5-4-2;2*1-3(2)4/h10-19,34H,8-9,20-21H2,1-7H3;11-12H,1-6H3;1-5H,7H3;3-5H2,1-2H3;2*1-2H3. The molecule has 0 bridgehead atoms. The Morgan fingerprint density at radius 1 is 0.583 bits per heavy atom. The Morgan fingerprint density at radius 3 is 1.22 bits per heavy atom. The molecule has 1 spiro atoms. The fraction of sp³-hybridized carbons (Fsp3) is 0.556. The molecule has 3 atom stereocenters. The minimum Gasteiger partial charge on any atom is -0.415 e. The molecule has 2 fully saturated rings. The van der Waals surface area contributed by atoms with Crippen LogP contribution in [0.5, 0.6) is 0 Å². The highest BCUT2D eigenvalue weighted by Crippen LogP contribution is 2.33. The maximum absolute atomic E-state index is 9.44. The third kappa shape index (κ3) is 28.8. The molecule has 3 aromatic carbocycles. The van der Waals surface area contributed by atoms with E-state index in [0.717, 1.165) is 22.5 Å². The largest absolute Gasteiger partial charge is 0.665 e. The fourth-order valence-electron chi connectivity index (χ4n) is 6.25. The number of Topliss-reactive ketones (excluding diaryl/α,β-unsaturated/α-hetero) is 2. The van der Waals surface area contributed by atoms with Crippen LogP contribution in [0.1, 0.15) is 55.4 Å². The first kappa shape index (κ1) is 70.8. The van der Waals surface area contributed by atoms with Crippen LogP contribution in [0.2, 0.25) is 76.6 Å². The van der Waals surface area contributed by atoms with Gasteiger partial charge in [0.05, 0.1) is 0 Å². The van der Waals surface area contributed by atoms with Crippen molar-refractivity contribution in [3.8, 4) is 0 Å². The Labute approximate surface area is 451 Å². The molecule has 0 aromatic heterocycles. The zero-order valence-corrected chi connectivity index (χ0v) is 60.3. The van der Waals surface area contributed by atoms with E-state index in [1.165, 1.54) is 55.2 Å². The van der Waals surface area contributed by atoms with Crippen molar-refractivity contribution >= 4 is 127 Å². The van der Waals surface area contributed by atoms with Crippen LogP contribution in [0.15, 0.2) is 91.0 Å². The Bertz CT molecular complexity index is 1840. The second-order valence-electron chi connectivity index (χ2n) is 18.2. The second-order valence-corrected chi connectivity index (χ2v) is 48.6. The molecule has 16 nitrogen and oxygen atoms in total. The summed E-state index contributed by atoms with van der Waals surface area (Å²) in [5.41, 5.74) is 0. The molecule has 0 amide bonds. The van der Waals surface area contributed by atoms with Gasteiger partial charge in [-0.1, -0.05) is 136 Å². The van der Waals surface area contributed by atoms with Gasteiger partial charge in [0.25, 0.3) is 0 Å². The lowest BCUT2D eigenvalue weighted by molar-refractivity contribution is -0.115. The summed E-state index contributed by atoms with van der Waals surface area (Å²) in [6.07, 6.45) is 0. The van der Waals surface area contributed by atoms with Crippen LogP contribution in [0.4, 0.5) is 0 Å². The van der Waals surface area contributed by atoms with Gasteiger partial charge in [-0.05, 0) is 92.2 Å².